The summed E-state index contributed by atoms with van der Waals surface area (Å²) >= 11 is 0. The minimum Gasteiger partial charge on any atom is -0.356 e. The van der Waals surface area contributed by atoms with Crippen molar-refractivity contribution in [2.24, 2.45) is 0 Å². The van der Waals surface area contributed by atoms with E-state index in [4.69, 9.17) is 15.4 Å². The van der Waals surface area contributed by atoms with Gasteiger partial charge in [-0.3, -0.25) is 15.2 Å². The van der Waals surface area contributed by atoms with Crippen LogP contribution >= 0.6 is 0 Å². The number of nitrogens with one attached hydrogen (secondary N) is 1. The van der Waals surface area contributed by atoms with Gasteiger partial charge in [0.05, 0.1) is 11.3 Å². The minimum atomic E-state index is 0.114. The van der Waals surface area contributed by atoms with Gasteiger partial charge in [0.15, 0.2) is 5.82 Å². The van der Waals surface area contributed by atoms with Gasteiger partial charge in [0, 0.05) is 30.9 Å². The van der Waals surface area contributed by atoms with Crippen molar-refractivity contribution in [2.45, 2.75) is 26.4 Å². The van der Waals surface area contributed by atoms with Crippen molar-refractivity contribution in [1.82, 2.24) is 19.5 Å². The lowest BCUT2D eigenvalue weighted by molar-refractivity contribution is 0.0700. The predicted octanol–water partition coefficient (Wildman–Crippen LogP) is 4.24. The molecule has 0 saturated carbocycles. The normalized spacial score (nSPS) is 15.2. The van der Waals surface area contributed by atoms with Crippen LogP contribution in [-0.4, -0.2) is 44.4 Å². The smallest absolute Gasteiger partial charge is 0.225 e. The summed E-state index contributed by atoms with van der Waals surface area (Å²) in [6, 6.07) is 24.3. The van der Waals surface area contributed by atoms with Crippen LogP contribution in [0.5, 0.6) is 0 Å². The first-order valence-corrected chi connectivity index (χ1v) is 12.3. The summed E-state index contributed by atoms with van der Waals surface area (Å²) in [5.41, 5.74) is 5.53. The zero-order chi connectivity index (χ0) is 24.6. The van der Waals surface area contributed by atoms with Crippen LogP contribution in [0.4, 0.5) is 11.6 Å². The molecule has 0 amide bonds. The van der Waals surface area contributed by atoms with Gasteiger partial charge in [-0.25, -0.2) is 9.97 Å². The van der Waals surface area contributed by atoms with Crippen molar-refractivity contribution in [1.29, 1.82) is 5.41 Å². The molecule has 4 heterocycles. The molecular formula is C28H29N7O. The molecule has 6 rings (SSSR count). The Morgan fingerprint density at radius 1 is 0.917 bits per heavy atom. The number of rotatable bonds is 6. The molecule has 8 nitrogen and oxygen atoms in total. The minimum absolute atomic E-state index is 0.114. The number of hydrazine groups is 1. The lowest BCUT2D eigenvalue weighted by Crippen LogP contribution is -2.37. The monoisotopic (exact) mass is 479 g/mol. The summed E-state index contributed by atoms with van der Waals surface area (Å²) in [5.74, 6) is 1.49. The molecule has 0 aliphatic carbocycles. The topological polar surface area (TPSA) is 84.5 Å². The number of aromatic nitrogens is 3. The number of hydrogen-bond acceptors (Lipinski definition) is 7. The zero-order valence-electron chi connectivity index (χ0n) is 20.3. The number of nitrogens with zero attached hydrogens (tertiary/aromatic N) is 6. The van der Waals surface area contributed by atoms with Gasteiger partial charge < -0.3 is 4.90 Å². The second-order valence-corrected chi connectivity index (χ2v) is 9.37. The number of aryl methyl sites for hydroxylation is 1. The summed E-state index contributed by atoms with van der Waals surface area (Å²) in [6.07, 6.45) is 1.95. The van der Waals surface area contributed by atoms with Gasteiger partial charge in [0.1, 0.15) is 12.5 Å². The molecule has 2 aromatic carbocycles. The lowest BCUT2D eigenvalue weighted by atomic mass is 9.99. The average Bonchev–Trinajstić information content (AvgIpc) is 3.19. The van der Waals surface area contributed by atoms with E-state index >= 15 is 0 Å². The molecule has 2 N–H and O–H groups in total. The number of fused-ring (bicyclic) bond motifs is 1. The van der Waals surface area contributed by atoms with E-state index in [1.54, 1.807) is 4.57 Å². The van der Waals surface area contributed by atoms with Gasteiger partial charge in [0.25, 0.3) is 0 Å². The van der Waals surface area contributed by atoms with E-state index in [2.05, 4.69) is 23.1 Å². The van der Waals surface area contributed by atoms with E-state index in [-0.39, 0.29) is 5.62 Å². The highest BCUT2D eigenvalue weighted by Crippen LogP contribution is 2.41. The molecule has 0 radical (unpaired) electrons. The standard InChI is InChI=1S/C28H29N7O/c1-20-17-23(18-24(30-20)32-14-8-15-32)25-26(22-11-6-3-7-12-22)31-28(29)34-19-33(35(36)27(25)34)16-13-21-9-4-2-5-10-21/h2-7,9-12,17-18,29,36H,8,13-16,19H2,1H3. The summed E-state index contributed by atoms with van der Waals surface area (Å²) in [5, 5.41) is 23.3. The third-order valence-corrected chi connectivity index (χ3v) is 6.91. The second kappa shape index (κ2) is 9.22. The molecule has 0 spiro atoms. The van der Waals surface area contributed by atoms with Crippen LogP contribution in [0.2, 0.25) is 0 Å². The molecule has 8 heteroatoms. The second-order valence-electron chi connectivity index (χ2n) is 9.37. The number of pyridine rings is 1. The van der Waals surface area contributed by atoms with E-state index in [0.717, 1.165) is 47.7 Å². The maximum atomic E-state index is 11.5. The van der Waals surface area contributed by atoms with E-state index in [0.29, 0.717) is 24.7 Å². The Kier molecular flexibility index (Phi) is 5.75. The van der Waals surface area contributed by atoms with Crippen LogP contribution in [0.25, 0.3) is 22.4 Å². The zero-order valence-corrected chi connectivity index (χ0v) is 20.3. The largest absolute Gasteiger partial charge is 0.356 e. The fraction of sp³-hybridized carbons (Fsp3) is 0.250. The van der Waals surface area contributed by atoms with Crippen LogP contribution in [0.3, 0.4) is 0 Å². The maximum Gasteiger partial charge on any atom is 0.225 e. The van der Waals surface area contributed by atoms with Crippen LogP contribution < -0.4 is 15.7 Å². The van der Waals surface area contributed by atoms with E-state index in [9.17, 15) is 5.21 Å². The highest BCUT2D eigenvalue weighted by molar-refractivity contribution is 5.89. The van der Waals surface area contributed by atoms with Crippen LogP contribution in [0, 0.1) is 12.3 Å². The Bertz CT molecular complexity index is 1450. The lowest BCUT2D eigenvalue weighted by Gasteiger charge is -2.32. The van der Waals surface area contributed by atoms with E-state index < -0.39 is 0 Å². The van der Waals surface area contributed by atoms with Crippen molar-refractivity contribution < 1.29 is 5.21 Å². The maximum absolute atomic E-state index is 11.5. The molecule has 0 atom stereocenters. The Morgan fingerprint density at radius 3 is 2.33 bits per heavy atom. The Balaban J connectivity index is 1.48. The molecule has 2 aliphatic heterocycles. The molecule has 2 aromatic heterocycles. The fourth-order valence-corrected chi connectivity index (χ4v) is 4.90. The first-order chi connectivity index (χ1) is 17.6. The number of benzene rings is 2. The van der Waals surface area contributed by atoms with Gasteiger partial charge in [-0.15, -0.1) is 0 Å². The van der Waals surface area contributed by atoms with Crippen molar-refractivity contribution in [2.75, 3.05) is 29.7 Å². The molecule has 36 heavy (non-hydrogen) atoms. The predicted molar refractivity (Wildman–Crippen MR) is 139 cm³/mol. The Hall–Kier alpha value is -4.01. The number of hydrogen-bond donors (Lipinski definition) is 2. The molecular weight excluding hydrogens is 450 g/mol. The molecule has 0 unspecified atom stereocenters. The van der Waals surface area contributed by atoms with Crippen molar-refractivity contribution in [3.05, 3.63) is 89.7 Å². The third kappa shape index (κ3) is 4.04. The molecule has 0 bridgehead atoms. The van der Waals surface area contributed by atoms with E-state index in [1.165, 1.54) is 17.2 Å². The van der Waals surface area contributed by atoms with Crippen molar-refractivity contribution >= 4 is 11.6 Å². The first-order valence-electron chi connectivity index (χ1n) is 12.3. The SMILES string of the molecule is Cc1cc(-c2c(-c3ccccc3)nc(=N)n3c2N(O)N(CCc2ccccc2)C3)cc(N2CCC2)n1. The van der Waals surface area contributed by atoms with Gasteiger partial charge >= 0.3 is 0 Å². The molecule has 2 aliphatic rings. The Labute approximate surface area is 210 Å². The summed E-state index contributed by atoms with van der Waals surface area (Å²) in [6.45, 7) is 4.96. The van der Waals surface area contributed by atoms with Gasteiger partial charge in [-0.1, -0.05) is 60.7 Å². The fourth-order valence-electron chi connectivity index (χ4n) is 4.90. The van der Waals surface area contributed by atoms with Crippen LogP contribution in [0.1, 0.15) is 17.7 Å². The van der Waals surface area contributed by atoms with Crippen molar-refractivity contribution in [3.63, 3.8) is 0 Å². The van der Waals surface area contributed by atoms with Crippen LogP contribution in [-0.2, 0) is 13.1 Å². The molecule has 182 valence electrons. The molecule has 1 fully saturated rings. The Morgan fingerprint density at radius 2 is 1.64 bits per heavy atom. The summed E-state index contributed by atoms with van der Waals surface area (Å²) in [7, 11) is 0. The van der Waals surface area contributed by atoms with Gasteiger partial charge in [-0.05, 0) is 43.0 Å². The van der Waals surface area contributed by atoms with Gasteiger partial charge in [0.2, 0.25) is 5.62 Å². The van der Waals surface area contributed by atoms with Gasteiger partial charge in [-0.2, -0.15) is 10.2 Å². The molecule has 1 saturated heterocycles. The first kappa shape index (κ1) is 22.5. The van der Waals surface area contributed by atoms with Crippen LogP contribution in [0.15, 0.2) is 72.8 Å². The van der Waals surface area contributed by atoms with Crippen molar-refractivity contribution in [3.8, 4) is 22.4 Å². The molecule has 4 aromatic rings. The highest BCUT2D eigenvalue weighted by Gasteiger charge is 2.33. The number of anilines is 2. The summed E-state index contributed by atoms with van der Waals surface area (Å²) in [4.78, 5) is 11.8. The van der Waals surface area contributed by atoms with E-state index in [1.807, 2.05) is 66.5 Å². The average molecular weight is 480 g/mol. The third-order valence-electron chi connectivity index (χ3n) is 6.91. The quantitative estimate of drug-likeness (QED) is 0.430. The highest BCUT2D eigenvalue weighted by atomic mass is 16.6. The summed E-state index contributed by atoms with van der Waals surface area (Å²) < 4.78 is 1.77.